The fourth-order valence-corrected chi connectivity index (χ4v) is 5.04. The van der Waals surface area contributed by atoms with E-state index in [2.05, 4.69) is 14.8 Å². The smallest absolute Gasteiger partial charge is 0.257 e. The zero-order chi connectivity index (χ0) is 22.7. The minimum Gasteiger partial charge on any atom is -0.334 e. The normalized spacial score (nSPS) is 13.8. The fourth-order valence-electron chi connectivity index (χ4n) is 3.99. The molecule has 0 unspecified atom stereocenters. The van der Waals surface area contributed by atoms with Gasteiger partial charge in [-0.25, -0.2) is 17.8 Å². The number of carbonyl (C=O) groups is 1. The lowest BCUT2D eigenvalue weighted by molar-refractivity contribution is 0.0734. The van der Waals surface area contributed by atoms with E-state index in [0.29, 0.717) is 31.5 Å². The van der Waals surface area contributed by atoms with Crippen molar-refractivity contribution in [3.05, 3.63) is 76.9 Å². The summed E-state index contributed by atoms with van der Waals surface area (Å²) in [5.41, 5.74) is 5.18. The number of sulfonamides is 1. The highest BCUT2D eigenvalue weighted by Gasteiger charge is 2.26. The molecule has 3 aromatic rings. The monoisotopic (exact) mass is 453 g/mol. The van der Waals surface area contributed by atoms with E-state index in [1.165, 1.54) is 0 Å². The van der Waals surface area contributed by atoms with Crippen LogP contribution in [-0.2, 0) is 29.5 Å². The highest BCUT2D eigenvalue weighted by molar-refractivity contribution is 7.89. The summed E-state index contributed by atoms with van der Waals surface area (Å²) in [5, 5.41) is 4.33. The van der Waals surface area contributed by atoms with E-state index in [-0.39, 0.29) is 18.2 Å². The van der Waals surface area contributed by atoms with Crippen molar-refractivity contribution in [1.82, 2.24) is 24.4 Å². The summed E-state index contributed by atoms with van der Waals surface area (Å²) >= 11 is 0. The Morgan fingerprint density at radius 1 is 1.19 bits per heavy atom. The molecule has 0 aliphatic carbocycles. The Balaban J connectivity index is 1.50. The molecule has 1 N–H and O–H groups in total. The number of fused-ring (bicyclic) bond motifs is 1. The maximum absolute atomic E-state index is 13.1. The molecule has 0 fully saturated rings. The summed E-state index contributed by atoms with van der Waals surface area (Å²) in [4.78, 5) is 19.3. The lowest BCUT2D eigenvalue weighted by Crippen LogP contribution is -2.37. The molecular formula is C23H27N5O3S. The van der Waals surface area contributed by atoms with Crippen LogP contribution in [0.5, 0.6) is 0 Å². The first-order valence-corrected chi connectivity index (χ1v) is 12.4. The van der Waals surface area contributed by atoms with Crippen LogP contribution in [0.3, 0.4) is 0 Å². The molecule has 32 heavy (non-hydrogen) atoms. The van der Waals surface area contributed by atoms with E-state index in [0.717, 1.165) is 28.1 Å². The Kier molecular flexibility index (Phi) is 6.38. The fraction of sp³-hybridized carbons (Fsp3) is 0.348. The van der Waals surface area contributed by atoms with E-state index in [1.807, 2.05) is 44.2 Å². The van der Waals surface area contributed by atoms with Crippen LogP contribution in [0.25, 0.3) is 5.69 Å². The molecule has 2 aromatic heterocycles. The van der Waals surface area contributed by atoms with E-state index >= 15 is 0 Å². The van der Waals surface area contributed by atoms with Crippen LogP contribution in [-0.4, -0.2) is 46.3 Å². The summed E-state index contributed by atoms with van der Waals surface area (Å²) in [6.07, 6.45) is 6.35. The first kappa shape index (κ1) is 22.2. The SMILES string of the molecule is CCCS(=O)(=O)NCc1c(C)ncc2c1CCN(C(=O)c1cnn(-c3ccccc3)c1)C2. The zero-order valence-electron chi connectivity index (χ0n) is 18.3. The number of para-hydroxylation sites is 1. The quantitative estimate of drug-likeness (QED) is 0.593. The summed E-state index contributed by atoms with van der Waals surface area (Å²) < 4.78 is 28.6. The van der Waals surface area contributed by atoms with Gasteiger partial charge in [-0.2, -0.15) is 5.10 Å². The molecule has 1 aliphatic heterocycles. The third kappa shape index (κ3) is 4.73. The van der Waals surface area contributed by atoms with Crippen LogP contribution in [0.15, 0.2) is 48.9 Å². The van der Waals surface area contributed by atoms with Gasteiger partial charge in [-0.1, -0.05) is 25.1 Å². The van der Waals surface area contributed by atoms with Crippen molar-refractivity contribution in [2.75, 3.05) is 12.3 Å². The summed E-state index contributed by atoms with van der Waals surface area (Å²) in [5.74, 6) is 0.0246. The number of aryl methyl sites for hydroxylation is 1. The lowest BCUT2D eigenvalue weighted by Gasteiger charge is -2.30. The third-order valence-electron chi connectivity index (χ3n) is 5.67. The molecule has 9 heteroatoms. The van der Waals surface area contributed by atoms with Crippen molar-refractivity contribution in [3.63, 3.8) is 0 Å². The molecule has 1 aromatic carbocycles. The number of pyridine rings is 1. The molecule has 168 valence electrons. The Morgan fingerprint density at radius 2 is 1.97 bits per heavy atom. The number of nitrogens with one attached hydrogen (secondary N) is 1. The lowest BCUT2D eigenvalue weighted by atomic mass is 9.95. The van der Waals surface area contributed by atoms with Gasteiger partial charge in [0, 0.05) is 37.7 Å². The van der Waals surface area contributed by atoms with Crippen LogP contribution in [0, 0.1) is 6.92 Å². The van der Waals surface area contributed by atoms with Crippen molar-refractivity contribution in [2.45, 2.75) is 39.8 Å². The summed E-state index contributed by atoms with van der Waals surface area (Å²) in [6, 6.07) is 9.65. The number of aromatic nitrogens is 3. The van der Waals surface area contributed by atoms with Crippen molar-refractivity contribution >= 4 is 15.9 Å². The van der Waals surface area contributed by atoms with Gasteiger partial charge in [0.2, 0.25) is 10.0 Å². The van der Waals surface area contributed by atoms with E-state index < -0.39 is 10.0 Å². The molecule has 0 saturated heterocycles. The molecule has 0 radical (unpaired) electrons. The number of hydrogen-bond donors (Lipinski definition) is 1. The number of carbonyl (C=O) groups excluding carboxylic acids is 1. The van der Waals surface area contributed by atoms with Gasteiger partial charge in [0.05, 0.1) is 23.2 Å². The van der Waals surface area contributed by atoms with Gasteiger partial charge in [0.15, 0.2) is 0 Å². The van der Waals surface area contributed by atoms with Gasteiger partial charge in [0.1, 0.15) is 0 Å². The van der Waals surface area contributed by atoms with Gasteiger partial charge in [0.25, 0.3) is 5.91 Å². The van der Waals surface area contributed by atoms with Gasteiger partial charge < -0.3 is 4.90 Å². The van der Waals surface area contributed by atoms with Crippen molar-refractivity contribution in [1.29, 1.82) is 0 Å². The van der Waals surface area contributed by atoms with Crippen LogP contribution < -0.4 is 4.72 Å². The number of hydrogen-bond acceptors (Lipinski definition) is 5. The second-order valence-electron chi connectivity index (χ2n) is 7.95. The minimum atomic E-state index is -3.31. The Hall–Kier alpha value is -3.04. The largest absolute Gasteiger partial charge is 0.334 e. The number of benzene rings is 1. The van der Waals surface area contributed by atoms with Gasteiger partial charge in [-0.05, 0) is 48.6 Å². The highest BCUT2D eigenvalue weighted by atomic mass is 32.2. The van der Waals surface area contributed by atoms with Gasteiger partial charge >= 0.3 is 0 Å². The van der Waals surface area contributed by atoms with Crippen LogP contribution in [0.1, 0.15) is 46.1 Å². The molecule has 1 amide bonds. The van der Waals surface area contributed by atoms with E-state index in [1.54, 1.807) is 28.2 Å². The Bertz CT molecular complexity index is 1220. The minimum absolute atomic E-state index is 0.0800. The van der Waals surface area contributed by atoms with Crippen molar-refractivity contribution in [2.24, 2.45) is 0 Å². The van der Waals surface area contributed by atoms with Crippen molar-refractivity contribution in [3.8, 4) is 5.69 Å². The first-order valence-electron chi connectivity index (χ1n) is 10.7. The topological polar surface area (TPSA) is 97.2 Å². The Morgan fingerprint density at radius 3 is 2.72 bits per heavy atom. The molecule has 0 bridgehead atoms. The van der Waals surface area contributed by atoms with Gasteiger partial charge in [-0.3, -0.25) is 9.78 Å². The van der Waals surface area contributed by atoms with Crippen LogP contribution in [0.2, 0.25) is 0 Å². The highest BCUT2D eigenvalue weighted by Crippen LogP contribution is 2.25. The predicted molar refractivity (Wildman–Crippen MR) is 122 cm³/mol. The maximum Gasteiger partial charge on any atom is 0.257 e. The number of amides is 1. The summed E-state index contributed by atoms with van der Waals surface area (Å²) in [7, 11) is -3.31. The molecule has 8 nitrogen and oxygen atoms in total. The molecule has 0 saturated carbocycles. The predicted octanol–water partition coefficient (Wildman–Crippen LogP) is 2.60. The second kappa shape index (κ2) is 9.22. The van der Waals surface area contributed by atoms with Crippen molar-refractivity contribution < 1.29 is 13.2 Å². The summed E-state index contributed by atoms with van der Waals surface area (Å²) in [6.45, 7) is 4.94. The second-order valence-corrected chi connectivity index (χ2v) is 9.88. The zero-order valence-corrected chi connectivity index (χ0v) is 19.1. The average molecular weight is 454 g/mol. The van der Waals surface area contributed by atoms with E-state index in [4.69, 9.17) is 0 Å². The molecule has 3 heterocycles. The van der Waals surface area contributed by atoms with Crippen LogP contribution >= 0.6 is 0 Å². The number of nitrogens with zero attached hydrogens (tertiary/aromatic N) is 4. The number of rotatable bonds is 7. The van der Waals surface area contributed by atoms with Crippen LogP contribution in [0.4, 0.5) is 0 Å². The van der Waals surface area contributed by atoms with Gasteiger partial charge in [-0.15, -0.1) is 0 Å². The molecule has 0 atom stereocenters. The maximum atomic E-state index is 13.1. The molecule has 0 spiro atoms. The molecule has 4 rings (SSSR count). The molecular weight excluding hydrogens is 426 g/mol. The third-order valence-corrected chi connectivity index (χ3v) is 7.20. The molecule has 1 aliphatic rings. The standard InChI is InChI=1S/C23H27N5O3S/c1-3-11-32(30,31)26-14-22-17(2)24-12-18-15-27(10-9-21(18)22)23(29)19-13-25-28(16-19)20-7-5-4-6-8-20/h4-8,12-13,16,26H,3,9-11,14-15H2,1-2H3. The average Bonchev–Trinajstić information content (AvgIpc) is 3.28. The van der Waals surface area contributed by atoms with E-state index in [9.17, 15) is 13.2 Å². The Labute approximate surface area is 188 Å². The first-order chi connectivity index (χ1) is 15.4.